The van der Waals surface area contributed by atoms with Gasteiger partial charge in [-0.2, -0.15) is 21.6 Å². The Labute approximate surface area is 196 Å². The minimum Gasteiger partial charge on any atom is -0.375 e. The molecule has 6 nitrogen and oxygen atoms in total. The maximum atomic E-state index is 13.2. The monoisotopic (exact) mass is 603 g/mol. The van der Waals surface area contributed by atoms with E-state index in [2.05, 4.69) is 32.1 Å². The Kier molecular flexibility index (Phi) is 7.50. The molecule has 0 radical (unpaired) electrons. The zero-order valence-electron chi connectivity index (χ0n) is 15.6. The minimum atomic E-state index is -5.94. The molecule has 0 aliphatic heterocycles. The van der Waals surface area contributed by atoms with Gasteiger partial charge in [0.15, 0.2) is 5.76 Å². The van der Waals surface area contributed by atoms with Crippen molar-refractivity contribution in [2.75, 3.05) is 5.09 Å². The van der Waals surface area contributed by atoms with Crippen LogP contribution in [0.2, 0.25) is 5.02 Å². The Balaban J connectivity index is 2.34. The van der Waals surface area contributed by atoms with Crippen molar-refractivity contribution in [2.45, 2.75) is 24.8 Å². The third kappa shape index (κ3) is 4.99. The van der Waals surface area contributed by atoms with Gasteiger partial charge < -0.3 is 14.7 Å². The average molecular weight is 604 g/mol. The molecule has 1 unspecified atom stereocenters. The average Bonchev–Trinajstić information content (AvgIpc) is 2.87. The summed E-state index contributed by atoms with van der Waals surface area (Å²) in [5.74, 6) is -0.440. The second-order valence-electron chi connectivity index (χ2n) is 6.42. The summed E-state index contributed by atoms with van der Waals surface area (Å²) < 4.78 is 68.1. The maximum absolute atomic E-state index is 13.2. The van der Waals surface area contributed by atoms with Crippen molar-refractivity contribution in [3.05, 3.63) is 57.9 Å². The highest BCUT2D eigenvalue weighted by Gasteiger charge is 2.49. The number of halogens is 5. The Morgan fingerprint density at radius 2 is 2.00 bits per heavy atom. The van der Waals surface area contributed by atoms with Crippen LogP contribution in [-0.2, 0) is 20.7 Å². The van der Waals surface area contributed by atoms with Gasteiger partial charge in [0.05, 0.1) is 5.02 Å². The summed E-state index contributed by atoms with van der Waals surface area (Å²) >= 11 is 8.33. The Bertz CT molecular complexity index is 1160. The number of alkyl halides is 3. The molecule has 1 heterocycles. The zero-order valence-corrected chi connectivity index (χ0v) is 20.3. The number of aromatic nitrogens is 1. The summed E-state index contributed by atoms with van der Waals surface area (Å²) in [6.45, 7) is 0. The van der Waals surface area contributed by atoms with Crippen molar-refractivity contribution in [1.82, 2.24) is 4.98 Å². The van der Waals surface area contributed by atoms with Crippen molar-refractivity contribution in [3.8, 4) is 0 Å². The van der Waals surface area contributed by atoms with Gasteiger partial charge in [0.1, 0.15) is 0 Å². The molecule has 1 atom stereocenters. The molecule has 31 heavy (non-hydrogen) atoms. The Morgan fingerprint density at radius 1 is 1.26 bits per heavy atom. The van der Waals surface area contributed by atoms with Gasteiger partial charge in [-0.3, -0.25) is 4.98 Å². The van der Waals surface area contributed by atoms with Crippen LogP contribution in [0, 0.1) is 5.41 Å². The molecule has 2 N–H and O–H groups in total. The second-order valence-corrected chi connectivity index (χ2v) is 10.4. The molecule has 0 spiro atoms. The predicted octanol–water partition coefficient (Wildman–Crippen LogP) is 6.16. The standard InChI is InChI=1S/C18H15ClF3IN3O3PS/c19-15-9-25-7-6-11(15)12-3-1-2-10-13(4-5-16(26-30-23)14(10)8-24)17(12)29-31(27,28)18(20,21)22/h4-9,24,26,30H,1-3H2. The normalized spacial score (nSPS) is 15.0. The molecule has 0 amide bonds. The van der Waals surface area contributed by atoms with Gasteiger partial charge in [-0.15, -0.1) is 0 Å². The van der Waals surface area contributed by atoms with Gasteiger partial charge in [-0.1, -0.05) is 11.6 Å². The molecule has 1 aliphatic carbocycles. The zero-order chi connectivity index (χ0) is 22.8. The van der Waals surface area contributed by atoms with Gasteiger partial charge in [0.2, 0.25) is 0 Å². The SMILES string of the molecule is N=Cc1c(NPI)ccc2c1CCCC(c1ccncc1Cl)=C2OS(=O)(=O)C(F)(F)F. The number of rotatable bonds is 6. The molecule has 2 aromatic rings. The van der Waals surface area contributed by atoms with Crippen molar-refractivity contribution in [2.24, 2.45) is 0 Å². The quantitative estimate of drug-likeness (QED) is 0.136. The van der Waals surface area contributed by atoms with E-state index in [4.69, 9.17) is 21.2 Å². The molecule has 1 aromatic carbocycles. The van der Waals surface area contributed by atoms with E-state index >= 15 is 0 Å². The molecule has 1 aliphatic rings. The third-order valence-electron chi connectivity index (χ3n) is 4.63. The number of pyridine rings is 1. The summed E-state index contributed by atoms with van der Waals surface area (Å²) in [7, 11) is -5.94. The maximum Gasteiger partial charge on any atom is 0.534 e. The molecule has 3 rings (SSSR count). The van der Waals surface area contributed by atoms with Crippen LogP contribution < -0.4 is 5.09 Å². The van der Waals surface area contributed by atoms with Gasteiger partial charge >= 0.3 is 15.6 Å². The summed E-state index contributed by atoms with van der Waals surface area (Å²) in [4.78, 5) is 3.87. The molecule has 0 saturated heterocycles. The van der Waals surface area contributed by atoms with E-state index in [9.17, 15) is 21.6 Å². The van der Waals surface area contributed by atoms with Crippen LogP contribution in [0.5, 0.6) is 0 Å². The van der Waals surface area contributed by atoms with Gasteiger partial charge in [0, 0.05) is 52.9 Å². The molecule has 0 bridgehead atoms. The van der Waals surface area contributed by atoms with E-state index < -0.39 is 21.4 Å². The van der Waals surface area contributed by atoms with Crippen LogP contribution in [0.1, 0.15) is 35.1 Å². The fourth-order valence-corrected chi connectivity index (χ4v) is 5.25. The molecule has 0 fully saturated rings. The number of hydrogen-bond donors (Lipinski definition) is 2. The van der Waals surface area contributed by atoms with E-state index in [-0.39, 0.29) is 22.6 Å². The first-order chi connectivity index (χ1) is 14.6. The number of hydrogen-bond acceptors (Lipinski definition) is 6. The van der Waals surface area contributed by atoms with Gasteiger partial charge in [0.25, 0.3) is 0 Å². The lowest BCUT2D eigenvalue weighted by molar-refractivity contribution is -0.0509. The van der Waals surface area contributed by atoms with Gasteiger partial charge in [-0.05, 0) is 65.1 Å². The predicted molar refractivity (Wildman–Crippen MR) is 125 cm³/mol. The second kappa shape index (κ2) is 9.60. The first-order valence-corrected chi connectivity index (χ1v) is 14.6. The first kappa shape index (κ1) is 24.2. The van der Waals surface area contributed by atoms with Crippen LogP contribution in [0.15, 0.2) is 30.6 Å². The van der Waals surface area contributed by atoms with Crippen LogP contribution in [0.3, 0.4) is 0 Å². The number of nitrogens with zero attached hydrogens (tertiary/aromatic N) is 1. The lowest BCUT2D eigenvalue weighted by Gasteiger charge is -2.19. The summed E-state index contributed by atoms with van der Waals surface area (Å²) in [5, 5.41) is 11.1. The third-order valence-corrected chi connectivity index (χ3v) is 7.06. The molecule has 13 heteroatoms. The highest BCUT2D eigenvalue weighted by Crippen LogP contribution is 2.43. The van der Waals surface area contributed by atoms with Gasteiger partial charge in [-0.25, -0.2) is 0 Å². The molecular weight excluding hydrogens is 589 g/mol. The number of anilines is 1. The molecular formula is C18H15ClF3IN3O3PS. The summed E-state index contributed by atoms with van der Waals surface area (Å²) in [6, 6.07) is 4.59. The number of nitrogens with one attached hydrogen (secondary N) is 2. The molecule has 166 valence electrons. The van der Waals surface area contributed by atoms with Crippen molar-refractivity contribution in [1.29, 1.82) is 5.41 Å². The fourth-order valence-electron chi connectivity index (χ4n) is 3.32. The number of benzene rings is 1. The lowest BCUT2D eigenvalue weighted by atomic mass is 9.95. The van der Waals surface area contributed by atoms with E-state index in [0.717, 1.165) is 6.21 Å². The fraction of sp³-hybridized carbons (Fsp3) is 0.222. The van der Waals surface area contributed by atoms with Crippen LogP contribution in [0.25, 0.3) is 11.3 Å². The topological polar surface area (TPSA) is 92.1 Å². The number of fused-ring (bicyclic) bond motifs is 1. The van der Waals surface area contributed by atoms with E-state index in [1.165, 1.54) is 24.5 Å². The largest absolute Gasteiger partial charge is 0.534 e. The minimum absolute atomic E-state index is 0.156. The van der Waals surface area contributed by atoms with Crippen LogP contribution in [0.4, 0.5) is 18.9 Å². The Morgan fingerprint density at radius 3 is 2.61 bits per heavy atom. The van der Waals surface area contributed by atoms with Crippen molar-refractivity contribution < 1.29 is 25.8 Å². The Hall–Kier alpha value is -1.43. The molecule has 1 aromatic heterocycles. The smallest absolute Gasteiger partial charge is 0.375 e. The lowest BCUT2D eigenvalue weighted by Crippen LogP contribution is -2.25. The first-order valence-electron chi connectivity index (χ1n) is 8.73. The highest BCUT2D eigenvalue weighted by molar-refractivity contribution is 14.2. The summed E-state index contributed by atoms with van der Waals surface area (Å²) in [5.41, 5.74) is -3.24. The van der Waals surface area contributed by atoms with Crippen LogP contribution in [-0.4, -0.2) is 25.1 Å². The van der Waals surface area contributed by atoms with E-state index in [1.807, 2.05) is 0 Å². The van der Waals surface area contributed by atoms with E-state index in [0.29, 0.717) is 41.6 Å². The molecule has 0 saturated carbocycles. The van der Waals surface area contributed by atoms with Crippen LogP contribution >= 0.6 is 40.0 Å². The van der Waals surface area contributed by atoms with Crippen molar-refractivity contribution in [3.63, 3.8) is 0 Å². The highest BCUT2D eigenvalue weighted by atomic mass is 127. The number of allylic oxidation sites excluding steroid dienone is 1. The van der Waals surface area contributed by atoms with Crippen molar-refractivity contribution >= 4 is 73.4 Å². The van der Waals surface area contributed by atoms with E-state index in [1.54, 1.807) is 6.07 Å². The summed E-state index contributed by atoms with van der Waals surface area (Å²) in [6.07, 6.45) is 5.23.